The fourth-order valence-electron chi connectivity index (χ4n) is 1.67. The molecule has 0 atom stereocenters. The molecule has 0 spiro atoms. The van der Waals surface area contributed by atoms with Crippen molar-refractivity contribution in [3.63, 3.8) is 0 Å². The number of hydrogen-bond donors (Lipinski definition) is 1. The number of carbonyl (C=O) groups is 2. The summed E-state index contributed by atoms with van der Waals surface area (Å²) in [5, 5.41) is 2.76. The number of hydrogen-bond acceptors (Lipinski definition) is 7. The number of ether oxygens (including phenoxy) is 3. The van der Waals surface area contributed by atoms with Crippen LogP contribution in [-0.2, 0) is 23.8 Å². The van der Waals surface area contributed by atoms with Crippen LogP contribution in [0.15, 0.2) is 28.8 Å². The number of halogens is 2. The van der Waals surface area contributed by atoms with Crippen LogP contribution in [0.1, 0.15) is 13.8 Å². The van der Waals surface area contributed by atoms with Crippen molar-refractivity contribution >= 4 is 29.4 Å². The van der Waals surface area contributed by atoms with E-state index in [1.165, 1.54) is 13.2 Å². The van der Waals surface area contributed by atoms with Gasteiger partial charge in [-0.15, -0.1) is 0 Å². The Morgan fingerprint density at radius 3 is 2.16 bits per heavy atom. The largest absolute Gasteiger partial charge is 0.462 e. The Morgan fingerprint density at radius 1 is 1.08 bits per heavy atom. The molecule has 138 valence electrons. The van der Waals surface area contributed by atoms with Crippen LogP contribution in [0.5, 0.6) is 0 Å². The number of benzene rings is 1. The summed E-state index contributed by atoms with van der Waals surface area (Å²) in [4.78, 5) is 24.3. The van der Waals surface area contributed by atoms with Crippen molar-refractivity contribution in [2.75, 3.05) is 31.6 Å². The third-order valence-electron chi connectivity index (χ3n) is 2.68. The number of thioether (sulfide) groups is 1. The van der Waals surface area contributed by atoms with Gasteiger partial charge in [0.15, 0.2) is 17.2 Å². The van der Waals surface area contributed by atoms with Crippen LogP contribution >= 0.6 is 11.8 Å². The van der Waals surface area contributed by atoms with Crippen molar-refractivity contribution < 1.29 is 32.6 Å². The minimum atomic E-state index is -1.07. The van der Waals surface area contributed by atoms with Crippen molar-refractivity contribution in [2.45, 2.75) is 13.8 Å². The maximum Gasteiger partial charge on any atom is 0.348 e. The van der Waals surface area contributed by atoms with Crippen LogP contribution in [0.3, 0.4) is 0 Å². The summed E-state index contributed by atoms with van der Waals surface area (Å²) in [6.45, 7) is 3.28. The van der Waals surface area contributed by atoms with E-state index in [4.69, 9.17) is 14.2 Å². The number of esters is 2. The topological polar surface area (TPSA) is 73.9 Å². The Morgan fingerprint density at radius 2 is 1.68 bits per heavy atom. The molecular weight excluding hydrogens is 356 g/mol. The highest BCUT2D eigenvalue weighted by molar-refractivity contribution is 8.03. The Kier molecular flexibility index (Phi) is 8.93. The lowest BCUT2D eigenvalue weighted by atomic mass is 10.2. The van der Waals surface area contributed by atoms with Gasteiger partial charge in [0.2, 0.25) is 0 Å². The molecule has 6 nitrogen and oxygen atoms in total. The van der Waals surface area contributed by atoms with Crippen molar-refractivity contribution in [3.8, 4) is 0 Å². The quantitative estimate of drug-likeness (QED) is 0.234. The molecule has 1 rings (SSSR count). The van der Waals surface area contributed by atoms with Crippen molar-refractivity contribution in [1.82, 2.24) is 0 Å². The first-order chi connectivity index (χ1) is 11.9. The maximum absolute atomic E-state index is 13.4. The average Bonchev–Trinajstić information content (AvgIpc) is 2.56. The summed E-state index contributed by atoms with van der Waals surface area (Å²) < 4.78 is 41.2. The first-order valence-corrected chi connectivity index (χ1v) is 8.35. The lowest BCUT2D eigenvalue weighted by molar-refractivity contribution is -0.146. The zero-order valence-corrected chi connectivity index (χ0v) is 14.9. The summed E-state index contributed by atoms with van der Waals surface area (Å²) in [6.07, 6.45) is 0. The molecule has 0 saturated carbocycles. The predicted octanol–water partition coefficient (Wildman–Crippen LogP) is 3.05. The molecule has 0 amide bonds. The molecule has 9 heteroatoms. The van der Waals surface area contributed by atoms with E-state index in [-0.39, 0.29) is 35.4 Å². The van der Waals surface area contributed by atoms with E-state index in [2.05, 4.69) is 5.32 Å². The van der Waals surface area contributed by atoms with E-state index in [0.717, 1.165) is 23.9 Å². The zero-order chi connectivity index (χ0) is 18.8. The lowest BCUT2D eigenvalue weighted by Crippen LogP contribution is -2.22. The average molecular weight is 375 g/mol. The first kappa shape index (κ1) is 20.9. The fraction of sp³-hybridized carbons (Fsp3) is 0.375. The van der Waals surface area contributed by atoms with E-state index in [9.17, 15) is 18.4 Å². The SMILES string of the molecule is CCOC(=O)C(C(=O)OCC)=C(Nc1ccc(F)c(F)c1)SCOC. The van der Waals surface area contributed by atoms with Gasteiger partial charge in [0, 0.05) is 18.9 Å². The van der Waals surface area contributed by atoms with Gasteiger partial charge in [0.25, 0.3) is 0 Å². The van der Waals surface area contributed by atoms with Crippen molar-refractivity contribution in [2.24, 2.45) is 0 Å². The second kappa shape index (κ2) is 10.7. The molecule has 0 bridgehead atoms. The molecule has 0 aliphatic rings. The number of carbonyl (C=O) groups excluding carboxylic acids is 2. The van der Waals surface area contributed by atoms with E-state index >= 15 is 0 Å². The van der Waals surface area contributed by atoms with Gasteiger partial charge in [-0.1, -0.05) is 11.8 Å². The van der Waals surface area contributed by atoms with Crippen molar-refractivity contribution in [1.29, 1.82) is 0 Å². The van der Waals surface area contributed by atoms with Crippen LogP contribution in [0.4, 0.5) is 14.5 Å². The van der Waals surface area contributed by atoms with Crippen LogP contribution in [0.25, 0.3) is 0 Å². The van der Waals surface area contributed by atoms with E-state index < -0.39 is 23.6 Å². The van der Waals surface area contributed by atoms with Gasteiger partial charge in [-0.3, -0.25) is 0 Å². The molecular formula is C16H19F2NO5S. The summed E-state index contributed by atoms with van der Waals surface area (Å²) in [7, 11) is 1.43. The second-order valence-electron chi connectivity index (χ2n) is 4.45. The second-order valence-corrected chi connectivity index (χ2v) is 5.38. The highest BCUT2D eigenvalue weighted by Gasteiger charge is 2.27. The van der Waals surface area contributed by atoms with E-state index in [1.807, 2.05) is 0 Å². The predicted molar refractivity (Wildman–Crippen MR) is 89.7 cm³/mol. The number of methoxy groups -OCH3 is 1. The Balaban J connectivity index is 3.30. The van der Waals surface area contributed by atoms with Crippen LogP contribution in [0, 0.1) is 11.6 Å². The molecule has 1 aromatic carbocycles. The Hall–Kier alpha value is -2.13. The maximum atomic E-state index is 13.4. The van der Waals surface area contributed by atoms with Gasteiger partial charge < -0.3 is 19.5 Å². The zero-order valence-electron chi connectivity index (χ0n) is 14.1. The monoisotopic (exact) mass is 375 g/mol. The molecule has 0 aliphatic carbocycles. The lowest BCUT2D eigenvalue weighted by Gasteiger charge is -2.15. The molecule has 0 unspecified atom stereocenters. The summed E-state index contributed by atoms with van der Waals surface area (Å²) in [5.41, 5.74) is -0.237. The molecule has 0 heterocycles. The number of rotatable bonds is 9. The highest BCUT2D eigenvalue weighted by atomic mass is 32.2. The van der Waals surface area contributed by atoms with E-state index in [0.29, 0.717) is 0 Å². The summed E-state index contributed by atoms with van der Waals surface area (Å²) in [6, 6.07) is 3.08. The first-order valence-electron chi connectivity index (χ1n) is 7.36. The smallest absolute Gasteiger partial charge is 0.348 e. The van der Waals surface area contributed by atoms with Gasteiger partial charge >= 0.3 is 11.9 Å². The molecule has 0 fully saturated rings. The molecule has 1 aromatic rings. The van der Waals surface area contributed by atoms with Gasteiger partial charge in [0.05, 0.1) is 24.2 Å². The third kappa shape index (κ3) is 6.35. The Labute approximate surface area is 148 Å². The normalized spacial score (nSPS) is 10.1. The number of nitrogens with one attached hydrogen (secondary N) is 1. The highest BCUT2D eigenvalue weighted by Crippen LogP contribution is 2.25. The Bertz CT molecular complexity index is 631. The summed E-state index contributed by atoms with van der Waals surface area (Å²) in [5.74, 6) is -3.79. The van der Waals surface area contributed by atoms with Gasteiger partial charge in [-0.25, -0.2) is 18.4 Å². The minimum Gasteiger partial charge on any atom is -0.462 e. The summed E-state index contributed by atoms with van der Waals surface area (Å²) >= 11 is 0.971. The third-order valence-corrected chi connectivity index (χ3v) is 3.63. The molecule has 0 aliphatic heterocycles. The standard InChI is InChI=1S/C16H19F2NO5S/c1-4-23-15(20)13(16(21)24-5-2)14(25-9-22-3)19-10-6-7-11(17)12(18)8-10/h6-8,19H,4-5,9H2,1-3H3. The van der Waals surface area contributed by atoms with Crippen LogP contribution in [0.2, 0.25) is 0 Å². The van der Waals surface area contributed by atoms with Gasteiger partial charge in [0.1, 0.15) is 0 Å². The fourth-order valence-corrected chi connectivity index (χ4v) is 2.41. The van der Waals surface area contributed by atoms with Crippen LogP contribution in [-0.4, -0.2) is 38.2 Å². The van der Waals surface area contributed by atoms with Gasteiger partial charge in [-0.2, -0.15) is 0 Å². The van der Waals surface area contributed by atoms with E-state index in [1.54, 1.807) is 13.8 Å². The van der Waals surface area contributed by atoms with Gasteiger partial charge in [-0.05, 0) is 26.0 Å². The molecule has 0 aromatic heterocycles. The molecule has 0 radical (unpaired) electrons. The molecule has 1 N–H and O–H groups in total. The van der Waals surface area contributed by atoms with Crippen molar-refractivity contribution in [3.05, 3.63) is 40.4 Å². The molecule has 0 saturated heterocycles. The van der Waals surface area contributed by atoms with Crippen LogP contribution < -0.4 is 5.32 Å². The number of anilines is 1. The minimum absolute atomic E-state index is 0.0461. The molecule has 25 heavy (non-hydrogen) atoms.